The molecule has 0 amide bonds. The molecular formula is C18H24N4. The van der Waals surface area contributed by atoms with Gasteiger partial charge >= 0.3 is 0 Å². The molecule has 4 nitrogen and oxygen atoms in total. The second-order valence-electron chi connectivity index (χ2n) is 6.91. The van der Waals surface area contributed by atoms with Gasteiger partial charge in [0.2, 0.25) is 0 Å². The highest BCUT2D eigenvalue weighted by molar-refractivity contribution is 5.59. The van der Waals surface area contributed by atoms with Crippen molar-refractivity contribution in [2.45, 2.75) is 39.0 Å². The predicted octanol–water partition coefficient (Wildman–Crippen LogP) is 4.12. The van der Waals surface area contributed by atoms with Crippen LogP contribution in [0.25, 0.3) is 0 Å². The van der Waals surface area contributed by atoms with Crippen LogP contribution in [0.2, 0.25) is 0 Å². The van der Waals surface area contributed by atoms with Crippen LogP contribution in [0, 0.1) is 0 Å². The largest absolute Gasteiger partial charge is 0.356 e. The third-order valence-electron chi connectivity index (χ3n) is 4.11. The van der Waals surface area contributed by atoms with Crippen LogP contribution >= 0.6 is 0 Å². The second-order valence-corrected chi connectivity index (χ2v) is 6.91. The molecule has 0 atom stereocenters. The van der Waals surface area contributed by atoms with E-state index in [1.54, 1.807) is 6.33 Å². The average Bonchev–Trinajstić information content (AvgIpc) is 3.01. The van der Waals surface area contributed by atoms with Crippen molar-refractivity contribution in [2.24, 2.45) is 0 Å². The molecular weight excluding hydrogens is 272 g/mol. The van der Waals surface area contributed by atoms with Gasteiger partial charge in [-0.25, -0.2) is 9.97 Å². The highest BCUT2D eigenvalue weighted by atomic mass is 15.2. The fourth-order valence-electron chi connectivity index (χ4n) is 2.74. The topological polar surface area (TPSA) is 41.0 Å². The number of rotatable bonds is 3. The third-order valence-corrected chi connectivity index (χ3v) is 4.11. The maximum atomic E-state index is 4.38. The van der Waals surface area contributed by atoms with Gasteiger partial charge in [0.15, 0.2) is 0 Å². The molecule has 4 heteroatoms. The molecule has 0 bridgehead atoms. The van der Waals surface area contributed by atoms with Gasteiger partial charge in [0.1, 0.15) is 18.0 Å². The Labute approximate surface area is 132 Å². The maximum absolute atomic E-state index is 4.38. The molecule has 1 aromatic heterocycles. The number of hydrogen-bond donors (Lipinski definition) is 1. The van der Waals surface area contributed by atoms with Crippen molar-refractivity contribution in [1.82, 2.24) is 9.97 Å². The van der Waals surface area contributed by atoms with Crippen molar-refractivity contribution < 1.29 is 0 Å². The van der Waals surface area contributed by atoms with Crippen molar-refractivity contribution in [1.29, 1.82) is 0 Å². The average molecular weight is 296 g/mol. The van der Waals surface area contributed by atoms with Gasteiger partial charge in [0.25, 0.3) is 0 Å². The lowest BCUT2D eigenvalue weighted by Crippen LogP contribution is -2.19. The van der Waals surface area contributed by atoms with Crippen LogP contribution in [0.4, 0.5) is 17.3 Å². The Morgan fingerprint density at radius 3 is 2.32 bits per heavy atom. The summed E-state index contributed by atoms with van der Waals surface area (Å²) in [5.74, 6) is 1.86. The van der Waals surface area contributed by atoms with Crippen LogP contribution in [-0.2, 0) is 5.41 Å². The fourth-order valence-corrected chi connectivity index (χ4v) is 2.74. The molecule has 0 aliphatic carbocycles. The number of nitrogens with one attached hydrogen (secondary N) is 1. The van der Waals surface area contributed by atoms with Gasteiger partial charge in [0, 0.05) is 24.8 Å². The molecule has 2 heterocycles. The van der Waals surface area contributed by atoms with E-state index >= 15 is 0 Å². The van der Waals surface area contributed by atoms with Crippen molar-refractivity contribution in [3.05, 3.63) is 42.2 Å². The highest BCUT2D eigenvalue weighted by Gasteiger charge is 2.15. The normalized spacial score (nSPS) is 15.1. The molecule has 1 aliphatic rings. The quantitative estimate of drug-likeness (QED) is 0.925. The third kappa shape index (κ3) is 3.38. The van der Waals surface area contributed by atoms with E-state index in [4.69, 9.17) is 0 Å². The Hall–Kier alpha value is -2.10. The molecule has 22 heavy (non-hydrogen) atoms. The molecule has 1 fully saturated rings. The summed E-state index contributed by atoms with van der Waals surface area (Å²) in [6.45, 7) is 8.86. The van der Waals surface area contributed by atoms with E-state index in [9.17, 15) is 0 Å². The van der Waals surface area contributed by atoms with Gasteiger partial charge in [-0.15, -0.1) is 0 Å². The van der Waals surface area contributed by atoms with Crippen molar-refractivity contribution in [3.8, 4) is 0 Å². The number of anilines is 3. The van der Waals surface area contributed by atoms with Crippen molar-refractivity contribution in [2.75, 3.05) is 23.3 Å². The standard InChI is InChI=1S/C18H24N4/c1-18(2,3)14-6-8-15(9-7-14)21-16-12-17(20-13-19-16)22-10-4-5-11-22/h6-9,12-13H,4-5,10-11H2,1-3H3,(H,19,20,21). The number of nitrogens with zero attached hydrogens (tertiary/aromatic N) is 3. The second kappa shape index (κ2) is 5.95. The fraction of sp³-hybridized carbons (Fsp3) is 0.444. The van der Waals surface area contributed by atoms with E-state index in [1.807, 2.05) is 6.07 Å². The molecule has 0 radical (unpaired) electrons. The van der Waals surface area contributed by atoms with Crippen LogP contribution in [-0.4, -0.2) is 23.1 Å². The van der Waals surface area contributed by atoms with Crippen molar-refractivity contribution in [3.63, 3.8) is 0 Å². The molecule has 1 aliphatic heterocycles. The Kier molecular flexibility index (Phi) is 4.01. The van der Waals surface area contributed by atoms with Crippen LogP contribution in [0.1, 0.15) is 39.2 Å². The number of benzene rings is 1. The van der Waals surface area contributed by atoms with E-state index in [-0.39, 0.29) is 5.41 Å². The lowest BCUT2D eigenvalue weighted by atomic mass is 9.87. The first-order chi connectivity index (χ1) is 10.5. The van der Waals surface area contributed by atoms with Gasteiger partial charge in [-0.2, -0.15) is 0 Å². The molecule has 1 aromatic carbocycles. The summed E-state index contributed by atoms with van der Waals surface area (Å²) >= 11 is 0. The maximum Gasteiger partial charge on any atom is 0.135 e. The van der Waals surface area contributed by atoms with E-state index < -0.39 is 0 Å². The first-order valence-electron chi connectivity index (χ1n) is 7.97. The summed E-state index contributed by atoms with van der Waals surface area (Å²) in [5, 5.41) is 3.37. The summed E-state index contributed by atoms with van der Waals surface area (Å²) < 4.78 is 0. The Morgan fingerprint density at radius 1 is 1.00 bits per heavy atom. The SMILES string of the molecule is CC(C)(C)c1ccc(Nc2cc(N3CCCC3)ncn2)cc1. The Bertz CT molecular complexity index is 622. The highest BCUT2D eigenvalue weighted by Crippen LogP contribution is 2.25. The Morgan fingerprint density at radius 2 is 1.68 bits per heavy atom. The van der Waals surface area contributed by atoms with E-state index in [0.717, 1.165) is 30.4 Å². The van der Waals surface area contributed by atoms with E-state index in [0.29, 0.717) is 0 Å². The molecule has 1 N–H and O–H groups in total. The lowest BCUT2D eigenvalue weighted by Gasteiger charge is -2.19. The zero-order chi connectivity index (χ0) is 15.6. The zero-order valence-electron chi connectivity index (χ0n) is 13.6. The first kappa shape index (κ1) is 14.8. The Balaban J connectivity index is 1.74. The molecule has 0 saturated carbocycles. The molecule has 2 aromatic rings. The summed E-state index contributed by atoms with van der Waals surface area (Å²) in [6, 6.07) is 10.6. The van der Waals surface area contributed by atoms with Gasteiger partial charge in [-0.05, 0) is 36.0 Å². The van der Waals surface area contributed by atoms with Crippen molar-refractivity contribution >= 4 is 17.3 Å². The van der Waals surface area contributed by atoms with Gasteiger partial charge in [-0.3, -0.25) is 0 Å². The van der Waals surface area contributed by atoms with Crippen LogP contribution < -0.4 is 10.2 Å². The lowest BCUT2D eigenvalue weighted by molar-refractivity contribution is 0.590. The molecule has 0 spiro atoms. The number of aromatic nitrogens is 2. The van der Waals surface area contributed by atoms with Crippen LogP contribution in [0.5, 0.6) is 0 Å². The van der Waals surface area contributed by atoms with Gasteiger partial charge in [0.05, 0.1) is 0 Å². The summed E-state index contributed by atoms with van der Waals surface area (Å²) in [7, 11) is 0. The summed E-state index contributed by atoms with van der Waals surface area (Å²) in [6.07, 6.45) is 4.14. The molecule has 1 saturated heterocycles. The predicted molar refractivity (Wildman–Crippen MR) is 91.9 cm³/mol. The zero-order valence-corrected chi connectivity index (χ0v) is 13.6. The summed E-state index contributed by atoms with van der Waals surface area (Å²) in [4.78, 5) is 11.0. The molecule has 3 rings (SSSR count). The smallest absolute Gasteiger partial charge is 0.135 e. The van der Waals surface area contributed by atoms with Crippen LogP contribution in [0.3, 0.4) is 0 Å². The van der Waals surface area contributed by atoms with E-state index in [2.05, 4.69) is 65.2 Å². The minimum atomic E-state index is 0.177. The molecule has 0 unspecified atom stereocenters. The van der Waals surface area contributed by atoms with Crippen LogP contribution in [0.15, 0.2) is 36.7 Å². The van der Waals surface area contributed by atoms with Gasteiger partial charge < -0.3 is 10.2 Å². The monoisotopic (exact) mass is 296 g/mol. The minimum absolute atomic E-state index is 0.177. The first-order valence-corrected chi connectivity index (χ1v) is 7.97. The minimum Gasteiger partial charge on any atom is -0.356 e. The summed E-state index contributed by atoms with van der Waals surface area (Å²) in [5.41, 5.74) is 2.56. The van der Waals surface area contributed by atoms with E-state index in [1.165, 1.54) is 18.4 Å². The molecule has 116 valence electrons. The van der Waals surface area contributed by atoms with Gasteiger partial charge in [-0.1, -0.05) is 32.9 Å². The number of hydrogen-bond acceptors (Lipinski definition) is 4.